The SMILES string of the molecule is CCOc1ccc(-c2csc(NC(=O)COc3cccc(Cl)c3)n2)cc1. The molecular formula is C19H17ClN2O3S. The largest absolute Gasteiger partial charge is 0.494 e. The van der Waals surface area contributed by atoms with Crippen LogP contribution in [0.15, 0.2) is 53.9 Å². The van der Waals surface area contributed by atoms with Crippen molar-refractivity contribution < 1.29 is 14.3 Å². The van der Waals surface area contributed by atoms with Gasteiger partial charge in [0.25, 0.3) is 5.91 Å². The lowest BCUT2D eigenvalue weighted by Crippen LogP contribution is -2.20. The van der Waals surface area contributed by atoms with Gasteiger partial charge in [-0.15, -0.1) is 11.3 Å². The molecule has 0 fully saturated rings. The van der Waals surface area contributed by atoms with Gasteiger partial charge in [-0.25, -0.2) is 4.98 Å². The molecule has 1 heterocycles. The van der Waals surface area contributed by atoms with E-state index in [1.54, 1.807) is 24.3 Å². The lowest BCUT2D eigenvalue weighted by Gasteiger charge is -2.06. The lowest BCUT2D eigenvalue weighted by atomic mass is 10.2. The highest BCUT2D eigenvalue weighted by Crippen LogP contribution is 2.26. The second-order valence-electron chi connectivity index (χ2n) is 5.29. The first-order chi connectivity index (χ1) is 12.6. The van der Waals surface area contributed by atoms with Gasteiger partial charge in [-0.1, -0.05) is 17.7 Å². The van der Waals surface area contributed by atoms with Gasteiger partial charge in [0.15, 0.2) is 11.7 Å². The summed E-state index contributed by atoms with van der Waals surface area (Å²) in [5, 5.41) is 5.71. The Morgan fingerprint density at radius 1 is 1.15 bits per heavy atom. The maximum absolute atomic E-state index is 12.0. The van der Waals surface area contributed by atoms with Crippen LogP contribution in [0, 0.1) is 0 Å². The van der Waals surface area contributed by atoms with Gasteiger partial charge in [-0.05, 0) is 49.4 Å². The first-order valence-corrected chi connectivity index (χ1v) is 9.27. The second kappa shape index (κ2) is 8.69. The van der Waals surface area contributed by atoms with Gasteiger partial charge in [-0.3, -0.25) is 10.1 Å². The molecule has 0 saturated carbocycles. The third-order valence-electron chi connectivity index (χ3n) is 3.38. The highest BCUT2D eigenvalue weighted by Gasteiger charge is 2.09. The van der Waals surface area contributed by atoms with Gasteiger partial charge in [-0.2, -0.15) is 0 Å². The van der Waals surface area contributed by atoms with Crippen molar-refractivity contribution in [3.8, 4) is 22.8 Å². The smallest absolute Gasteiger partial charge is 0.264 e. The normalized spacial score (nSPS) is 10.4. The van der Waals surface area contributed by atoms with Crippen molar-refractivity contribution in [2.75, 3.05) is 18.5 Å². The highest BCUT2D eigenvalue weighted by molar-refractivity contribution is 7.14. The summed E-state index contributed by atoms with van der Waals surface area (Å²) in [6.45, 7) is 2.46. The van der Waals surface area contributed by atoms with E-state index >= 15 is 0 Å². The zero-order chi connectivity index (χ0) is 18.4. The Labute approximate surface area is 160 Å². The van der Waals surface area contributed by atoms with Crippen molar-refractivity contribution in [1.29, 1.82) is 0 Å². The molecule has 0 spiro atoms. The van der Waals surface area contributed by atoms with Crippen molar-refractivity contribution in [3.05, 3.63) is 58.9 Å². The number of aromatic nitrogens is 1. The molecule has 1 aromatic heterocycles. The van der Waals surface area contributed by atoms with Crippen molar-refractivity contribution in [2.24, 2.45) is 0 Å². The van der Waals surface area contributed by atoms with E-state index in [2.05, 4.69) is 10.3 Å². The highest BCUT2D eigenvalue weighted by atomic mass is 35.5. The number of amides is 1. The Kier molecular flexibility index (Phi) is 6.09. The summed E-state index contributed by atoms with van der Waals surface area (Å²) in [6, 6.07) is 14.6. The van der Waals surface area contributed by atoms with Crippen LogP contribution in [0.1, 0.15) is 6.92 Å². The molecular weight excluding hydrogens is 372 g/mol. The second-order valence-corrected chi connectivity index (χ2v) is 6.58. The molecule has 3 aromatic rings. The van der Waals surface area contributed by atoms with Gasteiger partial charge in [0.1, 0.15) is 11.5 Å². The molecule has 0 saturated heterocycles. The molecule has 134 valence electrons. The minimum atomic E-state index is -0.280. The molecule has 0 unspecified atom stereocenters. The quantitative estimate of drug-likeness (QED) is 0.626. The van der Waals surface area contributed by atoms with Gasteiger partial charge >= 0.3 is 0 Å². The maximum Gasteiger partial charge on any atom is 0.264 e. The van der Waals surface area contributed by atoms with E-state index in [-0.39, 0.29) is 12.5 Å². The van der Waals surface area contributed by atoms with E-state index in [9.17, 15) is 4.79 Å². The van der Waals surface area contributed by atoms with E-state index in [0.29, 0.717) is 22.5 Å². The number of ether oxygens (including phenoxy) is 2. The number of benzene rings is 2. The summed E-state index contributed by atoms with van der Waals surface area (Å²) in [7, 11) is 0. The molecule has 26 heavy (non-hydrogen) atoms. The first-order valence-electron chi connectivity index (χ1n) is 8.01. The summed E-state index contributed by atoms with van der Waals surface area (Å²) >= 11 is 7.24. The molecule has 0 atom stereocenters. The van der Waals surface area contributed by atoms with Gasteiger partial charge in [0.2, 0.25) is 0 Å². The van der Waals surface area contributed by atoms with Crippen molar-refractivity contribution in [1.82, 2.24) is 4.98 Å². The Bertz CT molecular complexity index is 881. The van der Waals surface area contributed by atoms with Crippen LogP contribution in [0.3, 0.4) is 0 Å². The number of halogens is 1. The molecule has 0 aliphatic heterocycles. The zero-order valence-corrected chi connectivity index (χ0v) is 15.6. The molecule has 1 N–H and O–H groups in total. The lowest BCUT2D eigenvalue weighted by molar-refractivity contribution is -0.118. The van der Waals surface area contributed by atoms with E-state index in [1.807, 2.05) is 36.6 Å². The average molecular weight is 389 g/mol. The van der Waals surface area contributed by atoms with Crippen molar-refractivity contribution >= 4 is 34.0 Å². The summed E-state index contributed by atoms with van der Waals surface area (Å²) < 4.78 is 10.8. The van der Waals surface area contributed by atoms with Crippen LogP contribution in [-0.2, 0) is 4.79 Å². The van der Waals surface area contributed by atoms with Crippen LogP contribution in [0.25, 0.3) is 11.3 Å². The number of nitrogens with zero attached hydrogens (tertiary/aromatic N) is 1. The van der Waals surface area contributed by atoms with Crippen molar-refractivity contribution in [2.45, 2.75) is 6.92 Å². The fourth-order valence-electron chi connectivity index (χ4n) is 2.21. The Morgan fingerprint density at radius 2 is 1.96 bits per heavy atom. The topological polar surface area (TPSA) is 60.5 Å². The summed E-state index contributed by atoms with van der Waals surface area (Å²) in [5.74, 6) is 1.08. The molecule has 7 heteroatoms. The molecule has 0 bridgehead atoms. The van der Waals surface area contributed by atoms with Crippen molar-refractivity contribution in [3.63, 3.8) is 0 Å². The number of carbonyl (C=O) groups excluding carboxylic acids is 1. The number of hydrogen-bond acceptors (Lipinski definition) is 5. The van der Waals surface area contributed by atoms with E-state index in [0.717, 1.165) is 17.0 Å². The maximum atomic E-state index is 12.0. The molecule has 0 radical (unpaired) electrons. The van der Waals surface area contributed by atoms with Crippen LogP contribution in [0.4, 0.5) is 5.13 Å². The predicted molar refractivity (Wildman–Crippen MR) is 104 cm³/mol. The Morgan fingerprint density at radius 3 is 2.69 bits per heavy atom. The van der Waals surface area contributed by atoms with Crippen LogP contribution < -0.4 is 14.8 Å². The van der Waals surface area contributed by atoms with Gasteiger partial charge in [0, 0.05) is 16.0 Å². The first kappa shape index (κ1) is 18.2. The minimum Gasteiger partial charge on any atom is -0.494 e. The number of carbonyl (C=O) groups is 1. The van der Waals surface area contributed by atoms with E-state index in [1.165, 1.54) is 11.3 Å². The molecule has 2 aromatic carbocycles. The standard InChI is InChI=1S/C19H17ClN2O3S/c1-2-24-15-8-6-13(7-9-15)17-12-26-19(21-17)22-18(23)11-25-16-5-3-4-14(20)10-16/h3-10,12H,2,11H2,1H3,(H,21,22,23). The van der Waals surface area contributed by atoms with Crippen LogP contribution in [-0.4, -0.2) is 24.1 Å². The summed E-state index contributed by atoms with van der Waals surface area (Å²) in [6.07, 6.45) is 0. The molecule has 0 aliphatic rings. The number of nitrogens with one attached hydrogen (secondary N) is 1. The Hall–Kier alpha value is -2.57. The zero-order valence-electron chi connectivity index (χ0n) is 14.1. The fraction of sp³-hybridized carbons (Fsp3) is 0.158. The minimum absolute atomic E-state index is 0.113. The van der Waals surface area contributed by atoms with E-state index in [4.69, 9.17) is 21.1 Å². The molecule has 0 aliphatic carbocycles. The number of thiazole rings is 1. The van der Waals surface area contributed by atoms with E-state index < -0.39 is 0 Å². The molecule has 1 amide bonds. The van der Waals surface area contributed by atoms with Crippen LogP contribution in [0.2, 0.25) is 5.02 Å². The molecule has 3 rings (SSSR count). The predicted octanol–water partition coefficient (Wildman–Crippen LogP) is 4.88. The van der Waals surface area contributed by atoms with Crippen LogP contribution in [0.5, 0.6) is 11.5 Å². The van der Waals surface area contributed by atoms with Crippen LogP contribution >= 0.6 is 22.9 Å². The Balaban J connectivity index is 1.56. The summed E-state index contributed by atoms with van der Waals surface area (Å²) in [4.78, 5) is 16.4. The number of rotatable bonds is 7. The third-order valence-corrected chi connectivity index (χ3v) is 4.37. The summed E-state index contributed by atoms with van der Waals surface area (Å²) in [5.41, 5.74) is 1.75. The number of anilines is 1. The number of hydrogen-bond donors (Lipinski definition) is 1. The average Bonchev–Trinajstić information content (AvgIpc) is 3.09. The fourth-order valence-corrected chi connectivity index (χ4v) is 3.13. The van der Waals surface area contributed by atoms with Gasteiger partial charge in [0.05, 0.1) is 12.3 Å². The third kappa shape index (κ3) is 4.97. The van der Waals surface area contributed by atoms with Gasteiger partial charge < -0.3 is 9.47 Å². The molecule has 5 nitrogen and oxygen atoms in total. The monoisotopic (exact) mass is 388 g/mol.